The van der Waals surface area contributed by atoms with Gasteiger partial charge >= 0.3 is 6.18 Å². The fourth-order valence-electron chi connectivity index (χ4n) is 2.30. The Balaban J connectivity index is 2.30. The van der Waals surface area contributed by atoms with E-state index in [2.05, 4.69) is 9.97 Å². The molecule has 1 radical (unpaired) electrons. The van der Waals surface area contributed by atoms with Crippen LogP contribution in [0.5, 0.6) is 5.75 Å². The van der Waals surface area contributed by atoms with Crippen molar-refractivity contribution < 1.29 is 26.7 Å². The first-order chi connectivity index (χ1) is 13.1. The number of alkyl halides is 3. The summed E-state index contributed by atoms with van der Waals surface area (Å²) >= 11 is 5.86. The topological polar surface area (TPSA) is 50.3 Å². The standard InChI is InChI=1S/C17H17ClF5N4O/c1-27(2)4-3-5-28-10-6-11(19)13(12(20)7-10)14-15(18)25-9-26-16(14)24-8-17(21,22)23/h6-7H,3-5,8H2,1-2H3,(H,24,25,26). The summed E-state index contributed by atoms with van der Waals surface area (Å²) in [6, 6.07) is 1.85. The second-order valence-corrected chi connectivity index (χ2v) is 6.43. The summed E-state index contributed by atoms with van der Waals surface area (Å²) in [6.45, 7) is -0.513. The first kappa shape index (κ1) is 22.1. The molecule has 0 aliphatic rings. The molecule has 0 amide bonds. The molecule has 0 aliphatic carbocycles. The lowest BCUT2D eigenvalue weighted by molar-refractivity contribution is -0.115. The van der Waals surface area contributed by atoms with Gasteiger partial charge in [-0.1, -0.05) is 11.6 Å². The molecular weight excluding hydrogens is 407 g/mol. The molecule has 1 heterocycles. The molecule has 0 bridgehead atoms. The Bertz CT molecular complexity index is 794. The van der Waals surface area contributed by atoms with Crippen LogP contribution in [0.3, 0.4) is 0 Å². The maximum atomic E-state index is 14.6. The highest BCUT2D eigenvalue weighted by molar-refractivity contribution is 6.32. The van der Waals surface area contributed by atoms with E-state index in [9.17, 15) is 22.0 Å². The number of aromatic nitrogens is 2. The second kappa shape index (κ2) is 9.33. The van der Waals surface area contributed by atoms with Gasteiger partial charge in [-0.15, -0.1) is 0 Å². The van der Waals surface area contributed by atoms with Crippen LogP contribution in [0.25, 0.3) is 11.1 Å². The van der Waals surface area contributed by atoms with E-state index in [1.165, 1.54) is 0 Å². The van der Waals surface area contributed by atoms with Crippen LogP contribution in [0.15, 0.2) is 12.1 Å². The van der Waals surface area contributed by atoms with Crippen molar-refractivity contribution in [2.45, 2.75) is 12.6 Å². The second-order valence-electron chi connectivity index (χ2n) is 6.07. The third-order valence-electron chi connectivity index (χ3n) is 3.49. The summed E-state index contributed by atoms with van der Waals surface area (Å²) in [7, 11) is 3.75. The predicted molar refractivity (Wildman–Crippen MR) is 94.4 cm³/mol. The average molecular weight is 424 g/mol. The Morgan fingerprint density at radius 3 is 2.36 bits per heavy atom. The van der Waals surface area contributed by atoms with Gasteiger partial charge in [-0.25, -0.2) is 18.7 Å². The third kappa shape index (κ3) is 6.16. The normalized spacial score (nSPS) is 11.8. The summed E-state index contributed by atoms with van der Waals surface area (Å²) in [5, 5.41) is 1.51. The van der Waals surface area contributed by atoms with Gasteiger partial charge in [-0.2, -0.15) is 13.2 Å². The fraction of sp³-hybridized carbons (Fsp3) is 0.412. The van der Waals surface area contributed by atoms with Gasteiger partial charge < -0.3 is 15.0 Å². The Kier molecular flexibility index (Phi) is 7.36. The molecule has 2 aromatic rings. The molecule has 11 heteroatoms. The molecule has 1 N–H and O–H groups in total. The summed E-state index contributed by atoms with van der Waals surface area (Å²) in [6.07, 6.45) is -1.90. The summed E-state index contributed by atoms with van der Waals surface area (Å²) in [5.74, 6) is -2.69. The smallest absolute Gasteiger partial charge is 0.405 e. The number of nitrogens with one attached hydrogen (secondary N) is 1. The lowest BCUT2D eigenvalue weighted by Gasteiger charge is -2.15. The van der Waals surface area contributed by atoms with Crippen LogP contribution >= 0.6 is 11.6 Å². The van der Waals surface area contributed by atoms with Crippen molar-refractivity contribution in [3.05, 3.63) is 35.2 Å². The van der Waals surface area contributed by atoms with Crippen LogP contribution in [0.4, 0.5) is 27.8 Å². The summed E-state index contributed by atoms with van der Waals surface area (Å²) in [5.41, 5.74) is -1.09. The van der Waals surface area contributed by atoms with Crippen molar-refractivity contribution in [1.29, 1.82) is 0 Å². The number of rotatable bonds is 8. The van der Waals surface area contributed by atoms with Crippen molar-refractivity contribution in [2.75, 3.05) is 39.1 Å². The van der Waals surface area contributed by atoms with Crippen molar-refractivity contribution in [3.63, 3.8) is 0 Å². The SMILES string of the molecule is CN(C)CCCOc1cc(F)c(-c2c(Cl)n[c]nc2NCC(F)(F)F)c(F)c1. The molecule has 153 valence electrons. The van der Waals surface area contributed by atoms with Gasteiger partial charge in [0.05, 0.1) is 17.7 Å². The molecule has 1 aromatic heterocycles. The Hall–Kier alpha value is -2.20. The Labute approximate surface area is 163 Å². The molecule has 0 fully saturated rings. The van der Waals surface area contributed by atoms with E-state index in [1.807, 2.05) is 30.6 Å². The zero-order valence-electron chi connectivity index (χ0n) is 15.0. The molecule has 0 atom stereocenters. The van der Waals surface area contributed by atoms with Crippen LogP contribution < -0.4 is 10.1 Å². The van der Waals surface area contributed by atoms with Gasteiger partial charge in [-0.05, 0) is 20.5 Å². The Morgan fingerprint density at radius 2 is 1.79 bits per heavy atom. The van der Waals surface area contributed by atoms with Gasteiger partial charge in [-0.3, -0.25) is 0 Å². The van der Waals surface area contributed by atoms with Gasteiger partial charge in [0.1, 0.15) is 34.9 Å². The number of benzene rings is 1. The summed E-state index contributed by atoms with van der Waals surface area (Å²) < 4.78 is 71.9. The number of anilines is 1. The molecule has 5 nitrogen and oxygen atoms in total. The minimum Gasteiger partial charge on any atom is -0.493 e. The van der Waals surface area contributed by atoms with E-state index in [0.717, 1.165) is 18.7 Å². The molecular formula is C17H17ClF5N4O. The van der Waals surface area contributed by atoms with E-state index < -0.39 is 46.5 Å². The van der Waals surface area contributed by atoms with Crippen molar-refractivity contribution in [3.8, 4) is 16.9 Å². The minimum absolute atomic E-state index is 0.0539. The highest BCUT2D eigenvalue weighted by Crippen LogP contribution is 2.37. The average Bonchev–Trinajstić information content (AvgIpc) is 2.57. The van der Waals surface area contributed by atoms with E-state index in [-0.39, 0.29) is 12.4 Å². The fourth-order valence-corrected chi connectivity index (χ4v) is 2.53. The maximum absolute atomic E-state index is 14.6. The first-order valence-electron chi connectivity index (χ1n) is 8.09. The van der Waals surface area contributed by atoms with Crippen LogP contribution in [0, 0.1) is 18.0 Å². The van der Waals surface area contributed by atoms with Crippen molar-refractivity contribution in [2.24, 2.45) is 0 Å². The Morgan fingerprint density at radius 1 is 1.14 bits per heavy atom. The highest BCUT2D eigenvalue weighted by Gasteiger charge is 2.29. The van der Waals surface area contributed by atoms with E-state index in [0.29, 0.717) is 6.42 Å². The van der Waals surface area contributed by atoms with E-state index in [4.69, 9.17) is 16.3 Å². The lowest BCUT2D eigenvalue weighted by Crippen LogP contribution is -2.22. The molecule has 28 heavy (non-hydrogen) atoms. The molecule has 0 spiro atoms. The molecule has 0 aliphatic heterocycles. The van der Waals surface area contributed by atoms with Crippen LogP contribution in [-0.4, -0.2) is 54.8 Å². The van der Waals surface area contributed by atoms with Crippen LogP contribution in [-0.2, 0) is 0 Å². The van der Waals surface area contributed by atoms with Gasteiger partial charge in [0.25, 0.3) is 0 Å². The maximum Gasteiger partial charge on any atom is 0.405 e. The predicted octanol–water partition coefficient (Wildman–Crippen LogP) is 4.18. The van der Waals surface area contributed by atoms with Gasteiger partial charge in [0, 0.05) is 18.7 Å². The van der Waals surface area contributed by atoms with Gasteiger partial charge in [0.15, 0.2) is 0 Å². The number of nitrogens with zero attached hydrogens (tertiary/aromatic N) is 3. The van der Waals surface area contributed by atoms with Crippen LogP contribution in [0.1, 0.15) is 6.42 Å². The number of halogens is 6. The molecule has 0 unspecified atom stereocenters. The van der Waals surface area contributed by atoms with E-state index in [1.54, 1.807) is 0 Å². The van der Waals surface area contributed by atoms with Crippen molar-refractivity contribution in [1.82, 2.24) is 14.9 Å². The minimum atomic E-state index is -4.57. The zero-order chi connectivity index (χ0) is 20.9. The van der Waals surface area contributed by atoms with Crippen LogP contribution in [0.2, 0.25) is 5.15 Å². The van der Waals surface area contributed by atoms with E-state index >= 15 is 0 Å². The highest BCUT2D eigenvalue weighted by atomic mass is 35.5. The number of hydrogen-bond acceptors (Lipinski definition) is 5. The third-order valence-corrected chi connectivity index (χ3v) is 3.77. The molecule has 2 rings (SSSR count). The number of ether oxygens (including phenoxy) is 1. The largest absolute Gasteiger partial charge is 0.493 e. The summed E-state index contributed by atoms with van der Waals surface area (Å²) in [4.78, 5) is 8.91. The quantitative estimate of drug-likeness (QED) is 0.392. The molecule has 0 saturated heterocycles. The molecule has 1 aromatic carbocycles. The van der Waals surface area contributed by atoms with Gasteiger partial charge in [0.2, 0.25) is 6.33 Å². The first-order valence-corrected chi connectivity index (χ1v) is 8.47. The van der Waals surface area contributed by atoms with Crippen molar-refractivity contribution >= 4 is 17.4 Å². The molecule has 0 saturated carbocycles. The zero-order valence-corrected chi connectivity index (χ0v) is 15.8. The monoisotopic (exact) mass is 423 g/mol. The number of hydrogen-bond donors (Lipinski definition) is 1. The lowest BCUT2D eigenvalue weighted by atomic mass is 10.1.